The monoisotopic (exact) mass is 125 g/mol. The average Bonchev–Trinajstić information content (AvgIpc) is 1.89. The Balaban J connectivity index is 3.19. The van der Waals surface area contributed by atoms with Crippen molar-refractivity contribution < 1.29 is 9.53 Å². The third-order valence-corrected chi connectivity index (χ3v) is 0.743. The molecule has 0 saturated carbocycles. The minimum Gasteiger partial charge on any atom is -0.427 e. The summed E-state index contributed by atoms with van der Waals surface area (Å²) in [6.45, 7) is 3.41. The Hall–Kier alpha value is -1.30. The molecule has 0 bridgehead atoms. The lowest BCUT2D eigenvalue weighted by atomic mass is 10.3. The predicted molar refractivity (Wildman–Crippen MR) is 31.4 cm³/mol. The molecule has 0 aromatic rings. The Morgan fingerprint density at radius 2 is 2.56 bits per heavy atom. The second-order valence-corrected chi connectivity index (χ2v) is 1.36. The van der Waals surface area contributed by atoms with E-state index in [1.807, 2.05) is 0 Å². The van der Waals surface area contributed by atoms with Crippen LogP contribution in [0.3, 0.4) is 0 Å². The number of nitriles is 1. The molecule has 0 aromatic carbocycles. The van der Waals surface area contributed by atoms with E-state index in [1.165, 1.54) is 12.3 Å². The number of nitrogens with zero attached hydrogens (tertiary/aromatic N) is 1. The fourth-order valence-electron chi connectivity index (χ4n) is 0.299. The van der Waals surface area contributed by atoms with E-state index < -0.39 is 0 Å². The first-order valence-electron chi connectivity index (χ1n) is 2.47. The molecule has 0 aliphatic rings. The molecule has 3 heteroatoms. The summed E-state index contributed by atoms with van der Waals surface area (Å²) in [7, 11) is 0. The smallest absolute Gasteiger partial charge is 0.286 e. The average molecular weight is 125 g/mol. The Labute approximate surface area is 53.5 Å². The van der Waals surface area contributed by atoms with Gasteiger partial charge in [0.2, 0.25) is 0 Å². The van der Waals surface area contributed by atoms with Crippen LogP contribution in [0, 0.1) is 11.5 Å². The van der Waals surface area contributed by atoms with Gasteiger partial charge in [-0.1, -0.05) is 6.58 Å². The van der Waals surface area contributed by atoms with Crippen molar-refractivity contribution >= 4 is 5.78 Å². The fraction of sp³-hybridized carbons (Fsp3) is 0.333. The van der Waals surface area contributed by atoms with Crippen molar-refractivity contribution in [1.82, 2.24) is 0 Å². The van der Waals surface area contributed by atoms with Gasteiger partial charge in [0.1, 0.15) is 6.61 Å². The van der Waals surface area contributed by atoms with Crippen molar-refractivity contribution in [3.8, 4) is 6.26 Å². The molecular weight excluding hydrogens is 118 g/mol. The highest BCUT2D eigenvalue weighted by atomic mass is 16.5. The molecule has 3 nitrogen and oxygen atoms in total. The Kier molecular flexibility index (Phi) is 4.15. The van der Waals surface area contributed by atoms with Gasteiger partial charge in [-0.15, -0.1) is 0 Å². The summed E-state index contributed by atoms with van der Waals surface area (Å²) < 4.78 is 4.24. The molecule has 0 spiro atoms. The molecule has 0 rings (SSSR count). The SMILES string of the molecule is C=CC(=O)CCOC#N. The molecule has 0 N–H and O–H groups in total. The maximum Gasteiger partial charge on any atom is 0.286 e. The van der Waals surface area contributed by atoms with Gasteiger partial charge in [0, 0.05) is 6.42 Å². The van der Waals surface area contributed by atoms with Gasteiger partial charge in [-0.05, 0) is 6.08 Å². The molecular formula is C6H7NO2. The molecule has 0 saturated heterocycles. The number of carbonyl (C=O) groups excluding carboxylic acids is 1. The van der Waals surface area contributed by atoms with Crippen LogP contribution in [-0.4, -0.2) is 12.4 Å². The number of rotatable bonds is 4. The van der Waals surface area contributed by atoms with E-state index in [-0.39, 0.29) is 18.8 Å². The quantitative estimate of drug-likeness (QED) is 0.314. The molecule has 48 valence electrons. The first kappa shape index (κ1) is 7.70. The maximum absolute atomic E-state index is 10.4. The number of carbonyl (C=O) groups is 1. The van der Waals surface area contributed by atoms with Gasteiger partial charge in [0.05, 0.1) is 0 Å². The normalized spacial score (nSPS) is 7.44. The molecule has 0 unspecified atom stereocenters. The highest BCUT2D eigenvalue weighted by Gasteiger charge is 1.93. The van der Waals surface area contributed by atoms with Gasteiger partial charge in [0.25, 0.3) is 6.26 Å². The lowest BCUT2D eigenvalue weighted by molar-refractivity contribution is -0.115. The van der Waals surface area contributed by atoms with Crippen molar-refractivity contribution in [1.29, 1.82) is 5.26 Å². The minimum atomic E-state index is -0.106. The van der Waals surface area contributed by atoms with Crippen molar-refractivity contribution in [2.24, 2.45) is 0 Å². The second-order valence-electron chi connectivity index (χ2n) is 1.36. The number of ether oxygens (including phenoxy) is 1. The molecule has 0 aliphatic heterocycles. The summed E-state index contributed by atoms with van der Waals surface area (Å²) in [6.07, 6.45) is 2.90. The van der Waals surface area contributed by atoms with E-state index in [1.54, 1.807) is 0 Å². The third kappa shape index (κ3) is 4.56. The zero-order chi connectivity index (χ0) is 7.11. The van der Waals surface area contributed by atoms with E-state index in [0.717, 1.165) is 0 Å². The van der Waals surface area contributed by atoms with Crippen LogP contribution in [-0.2, 0) is 9.53 Å². The summed E-state index contributed by atoms with van der Waals surface area (Å²) >= 11 is 0. The van der Waals surface area contributed by atoms with Gasteiger partial charge in [-0.25, -0.2) is 0 Å². The zero-order valence-corrected chi connectivity index (χ0v) is 4.96. The molecule has 0 aliphatic carbocycles. The van der Waals surface area contributed by atoms with Crippen molar-refractivity contribution in [2.45, 2.75) is 6.42 Å². The van der Waals surface area contributed by atoms with Crippen LogP contribution >= 0.6 is 0 Å². The molecule has 0 heterocycles. The van der Waals surface area contributed by atoms with Gasteiger partial charge in [0.15, 0.2) is 5.78 Å². The Morgan fingerprint density at radius 1 is 1.89 bits per heavy atom. The summed E-state index contributed by atoms with van der Waals surface area (Å²) in [5, 5.41) is 7.84. The molecule has 0 atom stereocenters. The Bertz CT molecular complexity index is 146. The zero-order valence-electron chi connectivity index (χ0n) is 4.96. The molecule has 0 aromatic heterocycles. The summed E-state index contributed by atoms with van der Waals surface area (Å²) in [4.78, 5) is 10.4. The standard InChI is InChI=1S/C6H7NO2/c1-2-6(8)3-4-9-5-7/h2H,1,3-4H2. The van der Waals surface area contributed by atoms with E-state index in [4.69, 9.17) is 5.26 Å². The van der Waals surface area contributed by atoms with E-state index >= 15 is 0 Å². The number of hydrogen-bond acceptors (Lipinski definition) is 3. The lowest BCUT2D eigenvalue weighted by Crippen LogP contribution is -1.97. The molecule has 0 fully saturated rings. The number of hydrogen-bond donors (Lipinski definition) is 0. The predicted octanol–water partition coefficient (Wildman–Crippen LogP) is 0.629. The molecule has 0 radical (unpaired) electrons. The first-order valence-corrected chi connectivity index (χ1v) is 2.47. The molecule has 9 heavy (non-hydrogen) atoms. The first-order chi connectivity index (χ1) is 4.31. The topological polar surface area (TPSA) is 50.1 Å². The van der Waals surface area contributed by atoms with Crippen molar-refractivity contribution in [3.63, 3.8) is 0 Å². The highest BCUT2D eigenvalue weighted by Crippen LogP contribution is 1.83. The minimum absolute atomic E-state index is 0.106. The van der Waals surface area contributed by atoms with E-state index in [9.17, 15) is 4.79 Å². The van der Waals surface area contributed by atoms with E-state index in [0.29, 0.717) is 0 Å². The van der Waals surface area contributed by atoms with Crippen LogP contribution in [0.1, 0.15) is 6.42 Å². The lowest BCUT2D eigenvalue weighted by Gasteiger charge is -1.89. The van der Waals surface area contributed by atoms with Crippen molar-refractivity contribution in [2.75, 3.05) is 6.61 Å². The van der Waals surface area contributed by atoms with Crippen LogP contribution < -0.4 is 0 Å². The third-order valence-electron chi connectivity index (χ3n) is 0.743. The van der Waals surface area contributed by atoms with Gasteiger partial charge in [-0.3, -0.25) is 4.79 Å². The fourth-order valence-corrected chi connectivity index (χ4v) is 0.299. The van der Waals surface area contributed by atoms with Crippen molar-refractivity contribution in [3.05, 3.63) is 12.7 Å². The largest absolute Gasteiger partial charge is 0.427 e. The second kappa shape index (κ2) is 4.85. The van der Waals surface area contributed by atoms with Crippen LogP contribution in [0.4, 0.5) is 0 Å². The summed E-state index contributed by atoms with van der Waals surface area (Å²) in [5.41, 5.74) is 0. The van der Waals surface area contributed by atoms with Gasteiger partial charge in [-0.2, -0.15) is 5.26 Å². The Morgan fingerprint density at radius 3 is 3.00 bits per heavy atom. The number of allylic oxidation sites excluding steroid dienone is 1. The van der Waals surface area contributed by atoms with Crippen LogP contribution in [0.25, 0.3) is 0 Å². The highest BCUT2D eigenvalue weighted by molar-refractivity contribution is 5.89. The summed E-state index contributed by atoms with van der Waals surface area (Å²) in [6, 6.07) is 0. The van der Waals surface area contributed by atoms with E-state index in [2.05, 4.69) is 11.3 Å². The summed E-state index contributed by atoms with van der Waals surface area (Å²) in [5.74, 6) is -0.106. The van der Waals surface area contributed by atoms with Gasteiger partial charge < -0.3 is 4.74 Å². The van der Waals surface area contributed by atoms with Crippen LogP contribution in [0.2, 0.25) is 0 Å². The van der Waals surface area contributed by atoms with Gasteiger partial charge >= 0.3 is 0 Å². The van der Waals surface area contributed by atoms with Crippen LogP contribution in [0.5, 0.6) is 0 Å². The molecule has 0 amide bonds. The maximum atomic E-state index is 10.4. The number of ketones is 1. The van der Waals surface area contributed by atoms with Crippen LogP contribution in [0.15, 0.2) is 12.7 Å².